The molecule has 1 aliphatic rings. The van der Waals surface area contributed by atoms with E-state index >= 15 is 0 Å². The molecule has 3 nitrogen and oxygen atoms in total. The van der Waals surface area contributed by atoms with Crippen LogP contribution in [-0.2, 0) is 12.4 Å². The lowest BCUT2D eigenvalue weighted by Crippen LogP contribution is -2.17. The number of aryl methyl sites for hydroxylation is 1. The van der Waals surface area contributed by atoms with E-state index in [0.29, 0.717) is 39.3 Å². The van der Waals surface area contributed by atoms with Gasteiger partial charge in [0.2, 0.25) is 0 Å². The zero-order valence-corrected chi connectivity index (χ0v) is 25.5. The van der Waals surface area contributed by atoms with E-state index in [-0.39, 0.29) is 11.1 Å². The molecule has 7 rings (SSSR count). The number of hydrogen-bond acceptors (Lipinski definition) is 3. The molecule has 0 spiro atoms. The van der Waals surface area contributed by atoms with Gasteiger partial charge in [0.05, 0.1) is 46.0 Å². The quantitative estimate of drug-likeness (QED) is 0.179. The van der Waals surface area contributed by atoms with Crippen molar-refractivity contribution in [3.63, 3.8) is 0 Å². The van der Waals surface area contributed by atoms with Crippen LogP contribution in [0.15, 0.2) is 128 Å². The lowest BCUT2D eigenvalue weighted by Gasteiger charge is -2.28. The maximum Gasteiger partial charge on any atom is 0.416 e. The van der Waals surface area contributed by atoms with Gasteiger partial charge in [-0.05, 0) is 101 Å². The highest BCUT2D eigenvalue weighted by Gasteiger charge is 2.37. The molecule has 0 saturated carbocycles. The van der Waals surface area contributed by atoms with Crippen molar-refractivity contribution in [1.82, 2.24) is 15.0 Å². The van der Waals surface area contributed by atoms with Crippen LogP contribution in [0.1, 0.15) is 84.9 Å². The van der Waals surface area contributed by atoms with Gasteiger partial charge in [-0.25, -0.2) is 0 Å². The van der Waals surface area contributed by atoms with E-state index < -0.39 is 41.2 Å². The fraction of sp³-hybridized carbons (Fsp3) is 0.154. The largest absolute Gasteiger partial charge is 0.416 e. The molecule has 3 heterocycles. The number of pyridine rings is 3. The third-order valence-electron chi connectivity index (χ3n) is 8.68. The Morgan fingerprint density at radius 2 is 0.708 bits per heavy atom. The topological polar surface area (TPSA) is 38.7 Å². The Morgan fingerprint density at radius 1 is 0.417 bits per heavy atom. The van der Waals surface area contributed by atoms with Crippen LogP contribution < -0.4 is 0 Å². The minimum absolute atomic E-state index is 0.160. The summed E-state index contributed by atoms with van der Waals surface area (Å²) in [6, 6.07) is 28.7. The second-order valence-corrected chi connectivity index (χ2v) is 12.0. The van der Waals surface area contributed by atoms with Gasteiger partial charge in [-0.1, -0.05) is 54.1 Å². The molecule has 48 heavy (non-hydrogen) atoms. The van der Waals surface area contributed by atoms with Crippen LogP contribution in [0.25, 0.3) is 0 Å². The summed E-state index contributed by atoms with van der Waals surface area (Å²) >= 11 is 0. The monoisotopic (exact) mass is 651 g/mol. The number of fused-ring (bicyclic) bond motifs is 6. The average Bonchev–Trinajstić information content (AvgIpc) is 3.05. The van der Waals surface area contributed by atoms with Crippen LogP contribution in [0.4, 0.5) is 26.3 Å². The zero-order valence-electron chi connectivity index (χ0n) is 25.5. The Labute approximate surface area is 273 Å². The second kappa shape index (κ2) is 12.0. The van der Waals surface area contributed by atoms with Gasteiger partial charge in [-0.2, -0.15) is 26.3 Å². The molecule has 2 atom stereocenters. The van der Waals surface area contributed by atoms with Crippen molar-refractivity contribution in [2.45, 2.75) is 37.0 Å². The third kappa shape index (κ3) is 6.08. The van der Waals surface area contributed by atoms with Gasteiger partial charge in [-0.3, -0.25) is 15.0 Å². The highest BCUT2D eigenvalue weighted by molar-refractivity contribution is 5.55. The van der Waals surface area contributed by atoms with Gasteiger partial charge < -0.3 is 0 Å². The summed E-state index contributed by atoms with van der Waals surface area (Å²) in [5, 5.41) is 0. The first-order valence-electron chi connectivity index (χ1n) is 15.2. The van der Waals surface area contributed by atoms with E-state index in [1.54, 1.807) is 79.1 Å². The van der Waals surface area contributed by atoms with Gasteiger partial charge in [0.25, 0.3) is 0 Å². The van der Waals surface area contributed by atoms with Gasteiger partial charge in [0.1, 0.15) is 0 Å². The minimum Gasteiger partial charge on any atom is -0.260 e. The van der Waals surface area contributed by atoms with Crippen LogP contribution >= 0.6 is 0 Å². The van der Waals surface area contributed by atoms with Crippen molar-refractivity contribution in [3.05, 3.63) is 195 Å². The molecular weight excluding hydrogens is 624 g/mol. The first-order valence-corrected chi connectivity index (χ1v) is 15.2. The molecule has 0 N–H and O–H groups in total. The summed E-state index contributed by atoms with van der Waals surface area (Å²) in [5.74, 6) is -2.53. The molecule has 0 aliphatic heterocycles. The number of aromatic nitrogens is 3. The molecule has 0 amide bonds. The molecule has 9 heteroatoms. The Morgan fingerprint density at radius 3 is 0.958 bits per heavy atom. The predicted octanol–water partition coefficient (Wildman–Crippen LogP) is 10.1. The van der Waals surface area contributed by atoms with E-state index in [4.69, 9.17) is 0 Å². The summed E-state index contributed by atoms with van der Waals surface area (Å²) in [6.07, 6.45) is -4.82. The molecule has 0 fully saturated rings. The number of benzene rings is 3. The standard InChI is InChI=1S/C39H27F6N3/c1-23-14-24-16-25(15-23)36(33-9-3-6-12-47-33)27-18-29(22-31(20-27)39(43,44)45)37(34-10-4-7-13-48-34)28-17-26(19-30(21-28)38(40,41)42)35(24)32-8-2-5-11-46-32/h2-22,35-37H,1H3. The fourth-order valence-corrected chi connectivity index (χ4v) is 6.77. The van der Waals surface area contributed by atoms with Crippen LogP contribution in [0, 0.1) is 6.92 Å². The first-order chi connectivity index (χ1) is 23.0. The van der Waals surface area contributed by atoms with E-state index in [2.05, 4.69) is 15.0 Å². The fourth-order valence-electron chi connectivity index (χ4n) is 6.77. The van der Waals surface area contributed by atoms with Crippen molar-refractivity contribution in [3.8, 4) is 0 Å². The van der Waals surface area contributed by atoms with E-state index in [9.17, 15) is 26.3 Å². The molecule has 2 unspecified atom stereocenters. The smallest absolute Gasteiger partial charge is 0.260 e. The Balaban J connectivity index is 1.66. The van der Waals surface area contributed by atoms with Gasteiger partial charge in [0.15, 0.2) is 0 Å². The van der Waals surface area contributed by atoms with Crippen molar-refractivity contribution < 1.29 is 26.3 Å². The van der Waals surface area contributed by atoms with Crippen molar-refractivity contribution >= 4 is 0 Å². The normalized spacial score (nSPS) is 17.7. The average molecular weight is 652 g/mol. The summed E-state index contributed by atoms with van der Waals surface area (Å²) in [6.45, 7) is 1.86. The molecule has 3 aromatic heterocycles. The third-order valence-corrected chi connectivity index (χ3v) is 8.68. The number of rotatable bonds is 3. The van der Waals surface area contributed by atoms with Crippen LogP contribution in [-0.4, -0.2) is 15.0 Å². The molecule has 0 radical (unpaired) electrons. The van der Waals surface area contributed by atoms with Crippen LogP contribution in [0.3, 0.4) is 0 Å². The van der Waals surface area contributed by atoms with Gasteiger partial charge >= 0.3 is 12.4 Å². The zero-order chi connectivity index (χ0) is 33.6. The maximum absolute atomic E-state index is 14.7. The van der Waals surface area contributed by atoms with Crippen molar-refractivity contribution in [2.24, 2.45) is 0 Å². The van der Waals surface area contributed by atoms with E-state index in [1.165, 1.54) is 6.20 Å². The van der Waals surface area contributed by atoms with Gasteiger partial charge in [-0.15, -0.1) is 0 Å². The lowest BCUT2D eigenvalue weighted by molar-refractivity contribution is -0.138. The summed E-state index contributed by atoms with van der Waals surface area (Å²) < 4.78 is 88.2. The highest BCUT2D eigenvalue weighted by Crippen LogP contribution is 2.45. The molecule has 6 bridgehead atoms. The Bertz CT molecular complexity index is 1950. The van der Waals surface area contributed by atoms with Crippen molar-refractivity contribution in [2.75, 3.05) is 0 Å². The predicted molar refractivity (Wildman–Crippen MR) is 170 cm³/mol. The molecule has 240 valence electrons. The number of alkyl halides is 6. The van der Waals surface area contributed by atoms with Gasteiger partial charge in [0, 0.05) is 18.6 Å². The molecular formula is C39H27F6N3. The molecule has 3 aromatic carbocycles. The van der Waals surface area contributed by atoms with E-state index in [0.717, 1.165) is 29.8 Å². The maximum atomic E-state index is 14.7. The minimum atomic E-state index is -4.74. The molecule has 6 aromatic rings. The SMILES string of the molecule is Cc1cc2cc(c1)C(c1ccccn1)c1cc(cc(C(F)(F)F)c1)C(c1ccccn1)c1cc(cc(C(F)(F)F)c1)C2c1ccccn1. The number of hydrogen-bond donors (Lipinski definition) is 0. The highest BCUT2D eigenvalue weighted by atomic mass is 19.4. The van der Waals surface area contributed by atoms with Crippen molar-refractivity contribution in [1.29, 1.82) is 0 Å². The van der Waals surface area contributed by atoms with Crippen LogP contribution in [0.2, 0.25) is 0 Å². The van der Waals surface area contributed by atoms with Crippen LogP contribution in [0.5, 0.6) is 0 Å². The summed E-state index contributed by atoms with van der Waals surface area (Å²) in [5.41, 5.74) is 2.54. The lowest BCUT2D eigenvalue weighted by atomic mass is 9.77. The number of nitrogens with zero attached hydrogens (tertiary/aromatic N) is 3. The Kier molecular flexibility index (Phi) is 7.86. The first kappa shape index (κ1) is 31.3. The summed E-state index contributed by atoms with van der Waals surface area (Å²) in [4.78, 5) is 13.6. The number of halogens is 6. The summed E-state index contributed by atoms with van der Waals surface area (Å²) in [7, 11) is 0. The molecule has 1 aliphatic carbocycles. The Hall–Kier alpha value is -5.31. The molecule has 0 saturated heterocycles. The second-order valence-electron chi connectivity index (χ2n) is 12.0. The van der Waals surface area contributed by atoms with E-state index in [1.807, 2.05) is 25.1 Å².